The van der Waals surface area contributed by atoms with Crippen LogP contribution in [0.15, 0.2) is 36.5 Å². The first-order chi connectivity index (χ1) is 27.4. The monoisotopic (exact) mass is 809 g/mol. The summed E-state index contributed by atoms with van der Waals surface area (Å²) in [6.45, 7) is 16.1. The molecule has 2 bridgehead atoms. The number of aromatic nitrogens is 1. The first-order valence-corrected chi connectivity index (χ1v) is 21.2. The molecule has 14 heteroatoms. The van der Waals surface area contributed by atoms with Crippen molar-refractivity contribution in [1.82, 2.24) is 25.2 Å². The van der Waals surface area contributed by atoms with Crippen molar-refractivity contribution in [3.63, 3.8) is 0 Å². The molecule has 4 aliphatic rings. The Morgan fingerprint density at radius 1 is 1.07 bits per heavy atom. The molecule has 322 valence electrons. The normalized spacial score (nSPS) is 39.3. The number of aryl methyl sites for hydroxylation is 1. The molecule has 14 atom stereocenters. The van der Waals surface area contributed by atoms with Crippen LogP contribution >= 0.6 is 0 Å². The second kappa shape index (κ2) is 17.8. The molecule has 4 saturated heterocycles. The number of pyridine rings is 1. The number of fused-ring (bicyclic) bond motifs is 2. The number of aliphatic hydroxyl groups is 1. The van der Waals surface area contributed by atoms with E-state index >= 15 is 0 Å². The number of amides is 1. The number of rotatable bonds is 9. The molecule has 2 N–H and O–H groups in total. The maximum Gasteiger partial charge on any atom is 0.425 e. The van der Waals surface area contributed by atoms with Crippen LogP contribution in [-0.2, 0) is 39.7 Å². The Morgan fingerprint density at radius 2 is 1.79 bits per heavy atom. The number of hydrazine groups is 1. The van der Waals surface area contributed by atoms with E-state index in [0.717, 1.165) is 23.7 Å². The van der Waals surface area contributed by atoms with Gasteiger partial charge in [0.1, 0.15) is 18.1 Å². The lowest BCUT2D eigenvalue weighted by Crippen LogP contribution is -2.61. The smallest absolute Gasteiger partial charge is 0.425 e. The Labute approximate surface area is 344 Å². The molecule has 1 aromatic carbocycles. The number of esters is 1. The van der Waals surface area contributed by atoms with E-state index in [4.69, 9.17) is 23.7 Å². The summed E-state index contributed by atoms with van der Waals surface area (Å²) in [5.74, 6) is -3.39. The Balaban J connectivity index is 1.36. The number of nitrogens with one attached hydrogen (secondary N) is 1. The number of hydrogen-bond donors (Lipinski definition) is 2. The zero-order valence-electron chi connectivity index (χ0n) is 36.3. The van der Waals surface area contributed by atoms with Gasteiger partial charge in [-0.1, -0.05) is 45.9 Å². The summed E-state index contributed by atoms with van der Waals surface area (Å²) in [5, 5.41) is 20.3. The topological polar surface area (TPSA) is 152 Å². The van der Waals surface area contributed by atoms with E-state index in [-0.39, 0.29) is 35.8 Å². The van der Waals surface area contributed by atoms with Gasteiger partial charge in [0.15, 0.2) is 17.7 Å². The first-order valence-electron chi connectivity index (χ1n) is 21.2. The molecular weight excluding hydrogens is 743 g/mol. The van der Waals surface area contributed by atoms with Crippen LogP contribution in [0, 0.1) is 23.7 Å². The van der Waals surface area contributed by atoms with Gasteiger partial charge >= 0.3 is 12.1 Å². The van der Waals surface area contributed by atoms with Gasteiger partial charge in [0.25, 0.3) is 0 Å². The number of Topliss-reactive ketones (excluding diaryl/α,β-unsaturated/α-hetero) is 1. The molecule has 58 heavy (non-hydrogen) atoms. The molecule has 1 aromatic heterocycles. The quantitative estimate of drug-likeness (QED) is 0.260. The Bertz CT molecular complexity index is 1780. The third-order valence-corrected chi connectivity index (χ3v) is 13.7. The fourth-order valence-corrected chi connectivity index (χ4v) is 10.5. The summed E-state index contributed by atoms with van der Waals surface area (Å²) in [5.41, 5.74) is -0.181. The highest BCUT2D eigenvalue weighted by atomic mass is 16.7. The summed E-state index contributed by atoms with van der Waals surface area (Å²) < 4.78 is 32.0. The third kappa shape index (κ3) is 8.39. The lowest BCUT2D eigenvalue weighted by atomic mass is 9.72. The zero-order valence-corrected chi connectivity index (χ0v) is 36.3. The van der Waals surface area contributed by atoms with Crippen LogP contribution in [-0.4, -0.2) is 137 Å². The summed E-state index contributed by atoms with van der Waals surface area (Å²) in [4.78, 5) is 49.2. The summed E-state index contributed by atoms with van der Waals surface area (Å²) in [7, 11) is 5.43. The number of ketones is 1. The largest absolute Gasteiger partial charge is 0.458 e. The number of para-hydroxylation sites is 1. The summed E-state index contributed by atoms with van der Waals surface area (Å²) in [6, 6.07) is 9.23. The zero-order chi connectivity index (χ0) is 42.3. The van der Waals surface area contributed by atoms with Gasteiger partial charge in [0.05, 0.1) is 36.0 Å². The molecule has 2 aromatic rings. The molecule has 0 radical (unpaired) electrons. The Kier molecular flexibility index (Phi) is 13.6. The fraction of sp³-hybridized carbons (Fsp3) is 0.727. The van der Waals surface area contributed by atoms with Crippen LogP contribution in [0.2, 0.25) is 0 Å². The molecule has 1 unspecified atom stereocenters. The molecular formula is C44H67N5O9. The van der Waals surface area contributed by atoms with Gasteiger partial charge in [0, 0.05) is 43.2 Å². The van der Waals surface area contributed by atoms with Gasteiger partial charge in [-0.15, -0.1) is 0 Å². The van der Waals surface area contributed by atoms with Gasteiger partial charge in [-0.2, -0.15) is 0 Å². The minimum Gasteiger partial charge on any atom is -0.458 e. The molecule has 0 aliphatic carbocycles. The highest BCUT2D eigenvalue weighted by Crippen LogP contribution is 2.45. The second-order valence-corrected chi connectivity index (χ2v) is 18.0. The average Bonchev–Trinajstić information content (AvgIpc) is 3.37. The van der Waals surface area contributed by atoms with E-state index in [1.807, 2.05) is 76.1 Å². The van der Waals surface area contributed by atoms with E-state index in [9.17, 15) is 19.5 Å². The molecule has 14 nitrogen and oxygen atoms in total. The van der Waals surface area contributed by atoms with Crippen LogP contribution < -0.4 is 5.32 Å². The molecule has 0 saturated carbocycles. The van der Waals surface area contributed by atoms with Crippen LogP contribution in [0.4, 0.5) is 4.79 Å². The third-order valence-electron chi connectivity index (χ3n) is 13.7. The SMILES string of the molecule is CC[C@H]1OC(=O)[C@H](C)C(=O)[C@H](C)[C@@H](O[C@@H]2O[C@H](C)C[C@H](N(C)C)[C@H]2O)[C@](C)(OC)C[C@@H](C)C2NCN(CCCc3ccnc4ccccc34)N3C(=O)O[C@@]1(C)[C@@H]3[C@H]2C. The van der Waals surface area contributed by atoms with Crippen LogP contribution in [0.3, 0.4) is 0 Å². The number of cyclic esters (lactones) is 1. The van der Waals surface area contributed by atoms with Crippen molar-refractivity contribution in [2.75, 3.05) is 34.4 Å². The van der Waals surface area contributed by atoms with E-state index < -0.39 is 65.7 Å². The lowest BCUT2D eigenvalue weighted by Gasteiger charge is -2.48. The first kappa shape index (κ1) is 44.3. The number of methoxy groups -OCH3 is 1. The molecule has 4 fully saturated rings. The van der Waals surface area contributed by atoms with Crippen molar-refractivity contribution < 1.29 is 43.2 Å². The van der Waals surface area contributed by atoms with Gasteiger partial charge in [-0.3, -0.25) is 19.9 Å². The molecule has 6 rings (SSSR count). The predicted octanol–water partition coefficient (Wildman–Crippen LogP) is 4.95. The van der Waals surface area contributed by atoms with Crippen LogP contribution in [0.25, 0.3) is 10.9 Å². The van der Waals surface area contributed by atoms with Gasteiger partial charge in [-0.25, -0.2) is 14.8 Å². The number of nitrogens with zero attached hydrogens (tertiary/aromatic N) is 4. The van der Waals surface area contributed by atoms with Crippen molar-refractivity contribution in [3.05, 3.63) is 42.1 Å². The molecule has 5 heterocycles. The van der Waals surface area contributed by atoms with Crippen molar-refractivity contribution >= 4 is 28.7 Å². The highest BCUT2D eigenvalue weighted by molar-refractivity contribution is 6.00. The number of carbonyl (C=O) groups is 3. The second-order valence-electron chi connectivity index (χ2n) is 18.0. The number of ether oxygens (including phenoxy) is 5. The number of likely N-dealkylation sites (N-methyl/N-ethyl adjacent to an activating group) is 1. The molecule has 4 aliphatic heterocycles. The maximum absolute atomic E-state index is 14.4. The van der Waals surface area contributed by atoms with E-state index in [0.29, 0.717) is 32.5 Å². The number of carbonyl (C=O) groups excluding carboxylic acids is 3. The van der Waals surface area contributed by atoms with Crippen LogP contribution in [0.5, 0.6) is 0 Å². The lowest BCUT2D eigenvalue weighted by molar-refractivity contribution is -0.295. The van der Waals surface area contributed by atoms with E-state index in [1.165, 1.54) is 5.56 Å². The van der Waals surface area contributed by atoms with E-state index in [1.54, 1.807) is 26.0 Å². The Morgan fingerprint density at radius 3 is 2.48 bits per heavy atom. The Hall–Kier alpha value is -3.24. The standard InChI is InChI=1S/C44H67N5O9/c1-12-34-44(8)38-27(4)35(46-24-48(49(38)42(53)58-44)21-15-16-30-19-20-45-32-18-14-13-17-31(30)32)25(2)23-43(7,54-11)39(28(5)36(50)29(6)40(52)56-34)57-41-37(51)33(47(9)10)22-26(3)55-41/h13-14,17-20,25-29,33-35,37-39,41,46,51H,12,15-16,21-24H2,1-11H3/t25-,26-,27+,28+,29-,33+,34-,35?,37-,38+,39-,41+,43-,44-/m1/s1. The molecule has 1 amide bonds. The van der Waals surface area contributed by atoms with Crippen molar-refractivity contribution in [1.29, 1.82) is 0 Å². The maximum atomic E-state index is 14.4. The van der Waals surface area contributed by atoms with Gasteiger partial charge in [0.2, 0.25) is 0 Å². The minimum absolute atomic E-state index is 0.0908. The summed E-state index contributed by atoms with van der Waals surface area (Å²) in [6.07, 6.45) is 0.283. The fourth-order valence-electron chi connectivity index (χ4n) is 10.5. The number of aliphatic hydroxyl groups excluding tert-OH is 1. The van der Waals surface area contributed by atoms with E-state index in [2.05, 4.69) is 36.3 Å². The number of hydrogen-bond acceptors (Lipinski definition) is 13. The van der Waals surface area contributed by atoms with Gasteiger partial charge < -0.3 is 33.7 Å². The van der Waals surface area contributed by atoms with Gasteiger partial charge in [-0.05, 0) is 103 Å². The minimum atomic E-state index is -1.23. The van der Waals surface area contributed by atoms with Crippen LogP contribution in [0.1, 0.15) is 86.6 Å². The predicted molar refractivity (Wildman–Crippen MR) is 218 cm³/mol. The van der Waals surface area contributed by atoms with Crippen molar-refractivity contribution in [3.8, 4) is 0 Å². The number of benzene rings is 1. The highest BCUT2D eigenvalue weighted by Gasteiger charge is 2.62. The van der Waals surface area contributed by atoms with Crippen molar-refractivity contribution in [2.45, 2.75) is 148 Å². The summed E-state index contributed by atoms with van der Waals surface area (Å²) >= 11 is 0. The average molecular weight is 810 g/mol. The van der Waals surface area contributed by atoms with Crippen molar-refractivity contribution in [2.24, 2.45) is 23.7 Å². The molecule has 0 spiro atoms.